The molecule has 0 amide bonds. The molecule has 0 unspecified atom stereocenters. The average Bonchev–Trinajstić information content (AvgIpc) is 3.81. The maximum absolute atomic E-state index is 5.99. The zero-order chi connectivity index (χ0) is 22.7. The van der Waals surface area contributed by atoms with Crippen LogP contribution < -0.4 is 0 Å². The van der Waals surface area contributed by atoms with Gasteiger partial charge in [-0.15, -0.1) is 0 Å². The van der Waals surface area contributed by atoms with Crippen LogP contribution in [0.1, 0.15) is 45.6 Å². The summed E-state index contributed by atoms with van der Waals surface area (Å²) in [7, 11) is 1.82. The zero-order valence-corrected chi connectivity index (χ0v) is 19.3. The number of benzene rings is 4. The topological polar surface area (TPSA) is 9.23 Å². The summed E-state index contributed by atoms with van der Waals surface area (Å²) in [4.78, 5) is 0. The highest BCUT2D eigenvalue weighted by Crippen LogP contribution is 2.81. The molecule has 3 aliphatic rings. The molecule has 0 spiro atoms. The summed E-state index contributed by atoms with van der Waals surface area (Å²) in [6.45, 7) is 0. The van der Waals surface area contributed by atoms with Crippen molar-refractivity contribution in [1.29, 1.82) is 0 Å². The van der Waals surface area contributed by atoms with E-state index in [1.807, 2.05) is 7.11 Å². The number of rotatable bonds is 5. The van der Waals surface area contributed by atoms with Gasteiger partial charge in [0.25, 0.3) is 0 Å². The van der Waals surface area contributed by atoms with Gasteiger partial charge in [-0.1, -0.05) is 115 Å². The van der Waals surface area contributed by atoms with Gasteiger partial charge in [0.05, 0.1) is 7.11 Å². The van der Waals surface area contributed by atoms with Crippen LogP contribution >= 0.6 is 0 Å². The van der Waals surface area contributed by atoms with E-state index in [9.17, 15) is 0 Å². The second-order valence-electron chi connectivity index (χ2n) is 10.1. The molecule has 5 atom stereocenters. The van der Waals surface area contributed by atoms with E-state index in [1.54, 1.807) is 0 Å². The third-order valence-electron chi connectivity index (χ3n) is 8.60. The standard InChI is InChI=1S/C33H28O/c1-34-27-21-33(24-17-9-4-10-18-24)31(26-20-12-11-19-25(26)27)32(33)30-28(22-13-5-2-6-14-22)29(30)23-15-7-3-8-16-23/h2-21,28-32H,1H3/t28-,29-,31-,32-,33+/m1/s1. The maximum Gasteiger partial charge on any atom is 0.123 e. The molecule has 0 radical (unpaired) electrons. The summed E-state index contributed by atoms with van der Waals surface area (Å²) < 4.78 is 5.99. The third kappa shape index (κ3) is 2.73. The van der Waals surface area contributed by atoms with Crippen molar-refractivity contribution in [1.82, 2.24) is 0 Å². The van der Waals surface area contributed by atoms with Gasteiger partial charge in [-0.3, -0.25) is 0 Å². The van der Waals surface area contributed by atoms with Gasteiger partial charge in [0, 0.05) is 16.9 Å². The monoisotopic (exact) mass is 440 g/mol. The van der Waals surface area contributed by atoms with Crippen molar-refractivity contribution < 1.29 is 4.74 Å². The second kappa shape index (κ2) is 7.46. The first-order valence-electron chi connectivity index (χ1n) is 12.4. The molecule has 3 aliphatic carbocycles. The fraction of sp³-hybridized carbons (Fsp3) is 0.212. The van der Waals surface area contributed by atoms with E-state index in [4.69, 9.17) is 4.74 Å². The molecule has 0 aliphatic heterocycles. The van der Waals surface area contributed by atoms with Gasteiger partial charge in [-0.25, -0.2) is 0 Å². The maximum atomic E-state index is 5.99. The van der Waals surface area contributed by atoms with Crippen molar-refractivity contribution in [3.8, 4) is 0 Å². The lowest BCUT2D eigenvalue weighted by Crippen LogP contribution is -2.14. The van der Waals surface area contributed by atoms with Gasteiger partial charge in [0.15, 0.2) is 0 Å². The van der Waals surface area contributed by atoms with Crippen molar-refractivity contribution in [2.24, 2.45) is 11.8 Å². The molecule has 0 aromatic heterocycles. The third-order valence-corrected chi connectivity index (χ3v) is 8.60. The van der Waals surface area contributed by atoms with E-state index in [0.29, 0.717) is 29.6 Å². The molecule has 0 N–H and O–H groups in total. The first-order valence-corrected chi connectivity index (χ1v) is 12.4. The van der Waals surface area contributed by atoms with Gasteiger partial charge in [-0.2, -0.15) is 0 Å². The van der Waals surface area contributed by atoms with Crippen LogP contribution in [-0.2, 0) is 10.2 Å². The molecule has 166 valence electrons. The highest BCUT2D eigenvalue weighted by molar-refractivity contribution is 5.75. The normalized spacial score (nSPS) is 30.5. The molecule has 4 aromatic rings. The van der Waals surface area contributed by atoms with Crippen molar-refractivity contribution in [3.05, 3.63) is 149 Å². The highest BCUT2D eigenvalue weighted by Gasteiger charge is 2.75. The molecule has 2 saturated carbocycles. The van der Waals surface area contributed by atoms with Gasteiger partial charge < -0.3 is 4.74 Å². The van der Waals surface area contributed by atoms with E-state index in [0.717, 1.165) is 5.76 Å². The summed E-state index contributed by atoms with van der Waals surface area (Å²) in [5.74, 6) is 3.73. The van der Waals surface area contributed by atoms with Crippen molar-refractivity contribution in [3.63, 3.8) is 0 Å². The van der Waals surface area contributed by atoms with Crippen molar-refractivity contribution in [2.75, 3.05) is 7.11 Å². The Bertz CT molecular complexity index is 1310. The van der Waals surface area contributed by atoms with Crippen molar-refractivity contribution in [2.45, 2.75) is 23.2 Å². The lowest BCUT2D eigenvalue weighted by molar-refractivity contribution is 0.365. The molecule has 0 bridgehead atoms. The van der Waals surface area contributed by atoms with Crippen LogP contribution in [0, 0.1) is 11.8 Å². The van der Waals surface area contributed by atoms with Crippen LogP contribution in [-0.4, -0.2) is 7.11 Å². The van der Waals surface area contributed by atoms with Crippen LogP contribution in [0.15, 0.2) is 121 Å². The van der Waals surface area contributed by atoms with Gasteiger partial charge in [-0.05, 0) is 52.0 Å². The Kier molecular flexibility index (Phi) is 4.36. The molecular formula is C33H28O. The van der Waals surface area contributed by atoms with Crippen molar-refractivity contribution >= 4 is 5.76 Å². The fourth-order valence-electron chi connectivity index (χ4n) is 7.24. The van der Waals surface area contributed by atoms with Gasteiger partial charge >= 0.3 is 0 Å². The van der Waals surface area contributed by atoms with Gasteiger partial charge in [0.1, 0.15) is 5.76 Å². The molecular weight excluding hydrogens is 412 g/mol. The smallest absolute Gasteiger partial charge is 0.123 e. The molecule has 0 saturated heterocycles. The lowest BCUT2D eigenvalue weighted by Gasteiger charge is -2.23. The molecule has 4 aromatic carbocycles. The number of hydrogen-bond donors (Lipinski definition) is 0. The summed E-state index contributed by atoms with van der Waals surface area (Å²) in [6, 6.07) is 42.4. The molecule has 1 heteroatoms. The minimum Gasteiger partial charge on any atom is -0.496 e. The van der Waals surface area contributed by atoms with Gasteiger partial charge in [0.2, 0.25) is 0 Å². The largest absolute Gasteiger partial charge is 0.496 e. The van der Waals surface area contributed by atoms with E-state index >= 15 is 0 Å². The minimum atomic E-state index is -0.0117. The van der Waals surface area contributed by atoms with E-state index in [2.05, 4.69) is 121 Å². The minimum absolute atomic E-state index is 0.0117. The van der Waals surface area contributed by atoms with E-state index in [1.165, 1.54) is 27.8 Å². The van der Waals surface area contributed by atoms with Crippen LogP contribution in [0.2, 0.25) is 0 Å². The van der Waals surface area contributed by atoms with E-state index < -0.39 is 0 Å². The van der Waals surface area contributed by atoms with Crippen LogP contribution in [0.5, 0.6) is 0 Å². The highest BCUT2D eigenvalue weighted by atomic mass is 16.5. The SMILES string of the molecule is COC1=C[C@]2(c3ccccc3)[C@H](c3ccccc31)[C@H]2C1[C@H](c2ccccc2)[C@H]1c1ccccc1. The molecule has 2 fully saturated rings. The quantitative estimate of drug-likeness (QED) is 0.311. The number of methoxy groups -OCH3 is 1. The Morgan fingerprint density at radius 3 is 1.74 bits per heavy atom. The Labute approximate surface area is 201 Å². The first-order chi connectivity index (χ1) is 16.8. The van der Waals surface area contributed by atoms with Crippen LogP contribution in [0.3, 0.4) is 0 Å². The Morgan fingerprint density at radius 2 is 1.15 bits per heavy atom. The Morgan fingerprint density at radius 1 is 0.618 bits per heavy atom. The van der Waals surface area contributed by atoms with E-state index in [-0.39, 0.29) is 5.41 Å². The van der Waals surface area contributed by atoms with Crippen LogP contribution in [0.4, 0.5) is 0 Å². The fourth-order valence-corrected chi connectivity index (χ4v) is 7.24. The summed E-state index contributed by atoms with van der Waals surface area (Å²) in [5.41, 5.74) is 7.05. The Hall–Kier alpha value is -3.58. The first kappa shape index (κ1) is 19.9. The Balaban J connectivity index is 1.40. The summed E-state index contributed by atoms with van der Waals surface area (Å²) >= 11 is 0. The molecule has 0 heterocycles. The second-order valence-corrected chi connectivity index (χ2v) is 10.1. The van der Waals surface area contributed by atoms with Crippen LogP contribution in [0.25, 0.3) is 5.76 Å². The molecule has 1 nitrogen and oxygen atoms in total. The lowest BCUT2D eigenvalue weighted by atomic mass is 9.83. The molecule has 7 rings (SSSR count). The number of hydrogen-bond acceptors (Lipinski definition) is 1. The number of fused-ring (bicyclic) bond motifs is 3. The number of ether oxygens (including phenoxy) is 1. The zero-order valence-electron chi connectivity index (χ0n) is 19.3. The average molecular weight is 441 g/mol. The predicted molar refractivity (Wildman–Crippen MR) is 138 cm³/mol. The summed E-state index contributed by atoms with van der Waals surface area (Å²) in [5, 5.41) is 0. The molecule has 34 heavy (non-hydrogen) atoms. The summed E-state index contributed by atoms with van der Waals surface area (Å²) in [6.07, 6.45) is 2.46. The predicted octanol–water partition coefficient (Wildman–Crippen LogP) is 7.54. The number of allylic oxidation sites excluding steroid dienone is 1.